The second-order valence-electron chi connectivity index (χ2n) is 2.34. The number of benzene rings is 1. The topological polar surface area (TPSA) is 21.6 Å². The first-order chi connectivity index (χ1) is 5.86. The van der Waals surface area contributed by atoms with Gasteiger partial charge in [0.15, 0.2) is 0 Å². The van der Waals surface area contributed by atoms with Crippen LogP contribution in [0.4, 0.5) is 10.1 Å². The van der Waals surface area contributed by atoms with Crippen LogP contribution in [0.2, 0.25) is 0 Å². The Bertz CT molecular complexity index is 357. The number of rotatable bonds is 0. The highest BCUT2D eigenvalue weighted by Crippen LogP contribution is 2.22. The van der Waals surface area contributed by atoms with Crippen LogP contribution >= 0.6 is 0 Å². The molecule has 0 unspecified atom stereocenters. The lowest BCUT2D eigenvalue weighted by atomic mass is 10.2. The van der Waals surface area contributed by atoms with Crippen molar-refractivity contribution in [2.24, 2.45) is 4.99 Å². The molecule has 3 heteroatoms. The molecule has 0 bridgehead atoms. The standard InChI is InChI=1S/C9H6FNO/c10-9-11-8-4-2-1-3-7(8)5-6-12-9/h1-6H. The molecular weight excluding hydrogens is 157 g/mol. The van der Waals surface area contributed by atoms with E-state index in [4.69, 9.17) is 0 Å². The molecule has 0 amide bonds. The third-order valence-electron chi connectivity index (χ3n) is 1.56. The number of hydrogen-bond acceptors (Lipinski definition) is 2. The molecule has 0 radical (unpaired) electrons. The lowest BCUT2D eigenvalue weighted by molar-refractivity contribution is 0.405. The number of hydrogen-bond donors (Lipinski definition) is 0. The maximum absolute atomic E-state index is 12.6. The summed E-state index contributed by atoms with van der Waals surface area (Å²) in [7, 11) is 0. The Morgan fingerprint density at radius 1 is 1.25 bits per heavy atom. The van der Waals surface area contributed by atoms with Crippen molar-refractivity contribution in [2.75, 3.05) is 0 Å². The molecule has 2 rings (SSSR count). The third-order valence-corrected chi connectivity index (χ3v) is 1.56. The minimum atomic E-state index is -0.823. The summed E-state index contributed by atoms with van der Waals surface area (Å²) >= 11 is 0. The molecule has 0 fully saturated rings. The monoisotopic (exact) mass is 163 g/mol. The van der Waals surface area contributed by atoms with Gasteiger partial charge in [0.2, 0.25) is 0 Å². The van der Waals surface area contributed by atoms with Gasteiger partial charge >= 0.3 is 6.15 Å². The first-order valence-corrected chi connectivity index (χ1v) is 3.53. The van der Waals surface area contributed by atoms with E-state index in [9.17, 15) is 4.39 Å². The van der Waals surface area contributed by atoms with E-state index in [2.05, 4.69) is 9.73 Å². The van der Waals surface area contributed by atoms with E-state index in [1.165, 1.54) is 6.26 Å². The van der Waals surface area contributed by atoms with E-state index in [-0.39, 0.29) is 0 Å². The van der Waals surface area contributed by atoms with Crippen LogP contribution < -0.4 is 0 Å². The molecule has 2 nitrogen and oxygen atoms in total. The number of nitrogens with zero attached hydrogens (tertiary/aromatic N) is 1. The lowest BCUT2D eigenvalue weighted by Crippen LogP contribution is -1.86. The minimum absolute atomic E-state index is 0.587. The fraction of sp³-hybridized carbons (Fsp3) is 0. The number of fused-ring (bicyclic) bond motifs is 1. The van der Waals surface area contributed by atoms with E-state index in [0.29, 0.717) is 5.69 Å². The molecule has 0 N–H and O–H groups in total. The third kappa shape index (κ3) is 1.21. The first kappa shape index (κ1) is 7.03. The normalized spacial score (nSPS) is 14.2. The van der Waals surface area contributed by atoms with Crippen LogP contribution in [0.1, 0.15) is 5.56 Å². The Balaban J connectivity index is 2.58. The Hall–Kier alpha value is -1.64. The van der Waals surface area contributed by atoms with E-state index < -0.39 is 6.15 Å². The van der Waals surface area contributed by atoms with Crippen molar-refractivity contribution in [2.45, 2.75) is 0 Å². The zero-order valence-corrected chi connectivity index (χ0v) is 6.20. The quantitative estimate of drug-likeness (QED) is 0.576. The Morgan fingerprint density at radius 3 is 3.00 bits per heavy atom. The van der Waals surface area contributed by atoms with Crippen molar-refractivity contribution in [1.82, 2.24) is 0 Å². The zero-order valence-electron chi connectivity index (χ0n) is 6.20. The molecule has 1 aliphatic heterocycles. The average molecular weight is 163 g/mol. The Labute approximate surface area is 69.0 Å². The molecule has 0 aliphatic carbocycles. The summed E-state index contributed by atoms with van der Waals surface area (Å²) in [6, 6.07) is 7.24. The lowest BCUT2D eigenvalue weighted by Gasteiger charge is -1.94. The Kier molecular flexibility index (Phi) is 1.63. The second-order valence-corrected chi connectivity index (χ2v) is 2.34. The fourth-order valence-electron chi connectivity index (χ4n) is 1.01. The summed E-state index contributed by atoms with van der Waals surface area (Å²) in [5, 5.41) is 0. The van der Waals surface area contributed by atoms with Gasteiger partial charge in [-0.05, 0) is 12.1 Å². The molecule has 60 valence electrons. The molecular formula is C9H6FNO. The second kappa shape index (κ2) is 2.77. The summed E-state index contributed by atoms with van der Waals surface area (Å²) in [6.07, 6.45) is 2.13. The summed E-state index contributed by atoms with van der Waals surface area (Å²) in [5.41, 5.74) is 1.44. The van der Waals surface area contributed by atoms with Crippen LogP contribution in [0.15, 0.2) is 35.5 Å². The van der Waals surface area contributed by atoms with Gasteiger partial charge in [0.1, 0.15) is 0 Å². The Morgan fingerprint density at radius 2 is 2.08 bits per heavy atom. The molecule has 0 saturated carbocycles. The number of aliphatic imine (C=N–C) groups is 1. The number of para-hydroxylation sites is 1. The molecule has 1 aromatic carbocycles. The molecule has 0 spiro atoms. The van der Waals surface area contributed by atoms with Crippen molar-refractivity contribution < 1.29 is 9.13 Å². The predicted octanol–water partition coefficient (Wildman–Crippen LogP) is 2.64. The highest BCUT2D eigenvalue weighted by Gasteiger charge is 2.03. The highest BCUT2D eigenvalue weighted by molar-refractivity contribution is 5.77. The van der Waals surface area contributed by atoms with Gasteiger partial charge in [-0.3, -0.25) is 0 Å². The van der Waals surface area contributed by atoms with Gasteiger partial charge in [-0.15, -0.1) is 4.39 Å². The van der Waals surface area contributed by atoms with Crippen molar-refractivity contribution in [3.8, 4) is 0 Å². The van der Waals surface area contributed by atoms with Crippen LogP contribution in [-0.2, 0) is 4.74 Å². The van der Waals surface area contributed by atoms with E-state index >= 15 is 0 Å². The molecule has 1 aliphatic rings. The minimum Gasteiger partial charge on any atom is -0.425 e. The molecule has 1 aromatic rings. The summed E-state index contributed by atoms with van der Waals surface area (Å²) < 4.78 is 17.1. The van der Waals surface area contributed by atoms with E-state index in [1.807, 2.05) is 12.1 Å². The maximum Gasteiger partial charge on any atom is 0.381 e. The molecule has 0 aromatic heterocycles. The van der Waals surface area contributed by atoms with Gasteiger partial charge in [-0.25, -0.2) is 0 Å². The van der Waals surface area contributed by atoms with Gasteiger partial charge in [-0.2, -0.15) is 4.99 Å². The maximum atomic E-state index is 12.6. The highest BCUT2D eigenvalue weighted by atomic mass is 19.1. The molecule has 0 atom stereocenters. The van der Waals surface area contributed by atoms with Crippen LogP contribution in [0.25, 0.3) is 6.08 Å². The van der Waals surface area contributed by atoms with Gasteiger partial charge in [0.05, 0.1) is 11.9 Å². The van der Waals surface area contributed by atoms with Crippen LogP contribution in [0.3, 0.4) is 0 Å². The smallest absolute Gasteiger partial charge is 0.381 e. The molecule has 12 heavy (non-hydrogen) atoms. The fourth-order valence-corrected chi connectivity index (χ4v) is 1.01. The average Bonchev–Trinajstić information content (AvgIpc) is 2.25. The zero-order chi connectivity index (χ0) is 8.39. The van der Waals surface area contributed by atoms with Crippen molar-refractivity contribution >= 4 is 17.9 Å². The van der Waals surface area contributed by atoms with Crippen LogP contribution in [0, 0.1) is 0 Å². The van der Waals surface area contributed by atoms with E-state index in [1.54, 1.807) is 18.2 Å². The molecule has 0 saturated heterocycles. The van der Waals surface area contributed by atoms with Crippen molar-refractivity contribution in [3.05, 3.63) is 36.1 Å². The first-order valence-electron chi connectivity index (χ1n) is 3.53. The van der Waals surface area contributed by atoms with Gasteiger partial charge in [-0.1, -0.05) is 18.2 Å². The molecule has 1 heterocycles. The van der Waals surface area contributed by atoms with Crippen molar-refractivity contribution in [1.29, 1.82) is 0 Å². The number of halogens is 1. The number of ether oxygens (including phenoxy) is 1. The summed E-state index contributed by atoms with van der Waals surface area (Å²) in [4.78, 5) is 3.60. The summed E-state index contributed by atoms with van der Waals surface area (Å²) in [5.74, 6) is 0. The summed E-state index contributed by atoms with van der Waals surface area (Å²) in [6.45, 7) is 0. The largest absolute Gasteiger partial charge is 0.425 e. The van der Waals surface area contributed by atoms with Gasteiger partial charge < -0.3 is 4.74 Å². The predicted molar refractivity (Wildman–Crippen MR) is 44.8 cm³/mol. The SMILES string of the molecule is FC1=Nc2ccccc2C=CO1. The van der Waals surface area contributed by atoms with Gasteiger partial charge in [0.25, 0.3) is 0 Å². The van der Waals surface area contributed by atoms with Crippen LogP contribution in [0.5, 0.6) is 0 Å². The van der Waals surface area contributed by atoms with Crippen LogP contribution in [-0.4, -0.2) is 6.15 Å². The van der Waals surface area contributed by atoms with E-state index in [0.717, 1.165) is 5.56 Å². The van der Waals surface area contributed by atoms with Gasteiger partial charge in [0, 0.05) is 5.56 Å². The van der Waals surface area contributed by atoms with Crippen molar-refractivity contribution in [3.63, 3.8) is 0 Å².